The molecule has 0 aromatic heterocycles. The second-order valence-corrected chi connectivity index (χ2v) is 7.23. The Labute approximate surface area is 175 Å². The van der Waals surface area contributed by atoms with Crippen LogP contribution in [0.25, 0.3) is 0 Å². The Hall–Kier alpha value is -1.02. The summed E-state index contributed by atoms with van der Waals surface area (Å²) >= 11 is 0. The highest BCUT2D eigenvalue weighted by Crippen LogP contribution is 2.35. The van der Waals surface area contributed by atoms with Crippen molar-refractivity contribution in [3.8, 4) is 0 Å². The van der Waals surface area contributed by atoms with Gasteiger partial charge in [-0.2, -0.15) is 0 Å². The van der Waals surface area contributed by atoms with E-state index in [0.29, 0.717) is 0 Å². The van der Waals surface area contributed by atoms with E-state index in [1.54, 1.807) is 7.11 Å². The van der Waals surface area contributed by atoms with E-state index in [9.17, 15) is 0 Å². The fourth-order valence-corrected chi connectivity index (χ4v) is 4.13. The van der Waals surface area contributed by atoms with E-state index in [-0.39, 0.29) is 24.0 Å². The van der Waals surface area contributed by atoms with Crippen LogP contribution in [0.1, 0.15) is 31.2 Å². The second kappa shape index (κ2) is 11.0. The molecule has 1 heterocycles. The number of nitrogens with zero attached hydrogens (tertiary/aromatic N) is 2. The van der Waals surface area contributed by atoms with Crippen molar-refractivity contribution < 1.29 is 4.74 Å². The number of fused-ring (bicyclic) bond motifs is 1. The van der Waals surface area contributed by atoms with Crippen molar-refractivity contribution in [1.82, 2.24) is 10.2 Å². The van der Waals surface area contributed by atoms with Crippen molar-refractivity contribution in [3.63, 3.8) is 0 Å². The maximum atomic E-state index is 5.06. The van der Waals surface area contributed by atoms with Crippen LogP contribution < -0.4 is 10.6 Å². The first-order chi connectivity index (χ1) is 12.3. The first-order valence-corrected chi connectivity index (χ1v) is 9.57. The molecule has 0 amide bonds. The topological polar surface area (TPSA) is 48.9 Å². The second-order valence-electron chi connectivity index (χ2n) is 7.23. The number of hydrogen-bond acceptors (Lipinski definition) is 3. The molecule has 3 rings (SSSR count). The lowest BCUT2D eigenvalue weighted by Crippen LogP contribution is -2.39. The number of methoxy groups -OCH3 is 1. The summed E-state index contributed by atoms with van der Waals surface area (Å²) in [5, 5.41) is 6.89. The van der Waals surface area contributed by atoms with E-state index in [4.69, 9.17) is 4.74 Å². The van der Waals surface area contributed by atoms with Gasteiger partial charge in [-0.1, -0.05) is 25.0 Å². The van der Waals surface area contributed by atoms with Gasteiger partial charge in [0.05, 0.1) is 6.61 Å². The van der Waals surface area contributed by atoms with Gasteiger partial charge < -0.3 is 20.3 Å². The lowest BCUT2D eigenvalue weighted by molar-refractivity contribution is 0.211. The number of ether oxygens (including phenoxy) is 1. The minimum atomic E-state index is 0. The molecule has 2 fully saturated rings. The van der Waals surface area contributed by atoms with E-state index in [1.807, 2.05) is 7.05 Å². The molecule has 1 aromatic rings. The fraction of sp³-hybridized carbons (Fsp3) is 0.650. The first-order valence-electron chi connectivity index (χ1n) is 9.57. The normalized spacial score (nSPS) is 22.5. The zero-order valence-electron chi connectivity index (χ0n) is 16.0. The van der Waals surface area contributed by atoms with E-state index < -0.39 is 0 Å². The van der Waals surface area contributed by atoms with Crippen molar-refractivity contribution in [3.05, 3.63) is 29.8 Å². The van der Waals surface area contributed by atoms with Crippen molar-refractivity contribution in [2.45, 2.75) is 32.2 Å². The van der Waals surface area contributed by atoms with E-state index in [0.717, 1.165) is 43.2 Å². The highest BCUT2D eigenvalue weighted by atomic mass is 127. The molecule has 146 valence electrons. The number of halogens is 1. The van der Waals surface area contributed by atoms with Gasteiger partial charge in [0.15, 0.2) is 5.96 Å². The Morgan fingerprint density at radius 3 is 2.38 bits per heavy atom. The zero-order valence-corrected chi connectivity index (χ0v) is 18.4. The lowest BCUT2D eigenvalue weighted by Gasteiger charge is -2.22. The van der Waals surface area contributed by atoms with Gasteiger partial charge in [0, 0.05) is 46.0 Å². The SMILES string of the molecule is CN=C(NCc1ccc(NCCOC)cc1)N1CC2CCCCC2C1.I. The monoisotopic (exact) mass is 472 g/mol. The summed E-state index contributed by atoms with van der Waals surface area (Å²) in [4.78, 5) is 6.98. The van der Waals surface area contributed by atoms with Crippen LogP contribution in [-0.2, 0) is 11.3 Å². The van der Waals surface area contributed by atoms with Crippen LogP contribution in [0, 0.1) is 11.8 Å². The molecule has 0 spiro atoms. The van der Waals surface area contributed by atoms with Crippen LogP contribution in [0.3, 0.4) is 0 Å². The number of benzene rings is 1. The third-order valence-corrected chi connectivity index (χ3v) is 5.53. The molecule has 2 aliphatic rings. The molecule has 1 saturated carbocycles. The van der Waals surface area contributed by atoms with Crippen LogP contribution in [0.2, 0.25) is 0 Å². The van der Waals surface area contributed by atoms with Crippen LogP contribution in [0.5, 0.6) is 0 Å². The Morgan fingerprint density at radius 1 is 1.15 bits per heavy atom. The maximum absolute atomic E-state index is 5.06. The smallest absolute Gasteiger partial charge is 0.193 e. The summed E-state index contributed by atoms with van der Waals surface area (Å²) in [6.07, 6.45) is 5.61. The predicted octanol–water partition coefficient (Wildman–Crippen LogP) is 3.56. The van der Waals surface area contributed by atoms with Crippen molar-refractivity contribution in [2.75, 3.05) is 45.7 Å². The summed E-state index contributed by atoms with van der Waals surface area (Å²) in [5.74, 6) is 2.81. The molecule has 0 radical (unpaired) electrons. The molecule has 5 nitrogen and oxygen atoms in total. The van der Waals surface area contributed by atoms with Crippen molar-refractivity contribution in [2.24, 2.45) is 16.8 Å². The Morgan fingerprint density at radius 2 is 1.81 bits per heavy atom. The summed E-state index contributed by atoms with van der Waals surface area (Å²) in [7, 11) is 3.62. The van der Waals surface area contributed by atoms with Crippen LogP contribution in [0.15, 0.2) is 29.3 Å². The number of aliphatic imine (C=N–C) groups is 1. The molecule has 1 aliphatic heterocycles. The lowest BCUT2D eigenvalue weighted by atomic mass is 9.82. The molecule has 1 aromatic carbocycles. The van der Waals surface area contributed by atoms with Gasteiger partial charge in [-0.25, -0.2) is 0 Å². The van der Waals surface area contributed by atoms with Gasteiger partial charge in [-0.3, -0.25) is 4.99 Å². The summed E-state index contributed by atoms with van der Waals surface area (Å²) in [6, 6.07) is 8.58. The summed E-state index contributed by atoms with van der Waals surface area (Å²) in [6.45, 7) is 4.71. The molecular formula is C20H33IN4O. The average Bonchev–Trinajstić information content (AvgIpc) is 3.07. The number of anilines is 1. The molecular weight excluding hydrogens is 439 g/mol. The fourth-order valence-electron chi connectivity index (χ4n) is 4.13. The van der Waals surface area contributed by atoms with E-state index >= 15 is 0 Å². The van der Waals surface area contributed by atoms with Gasteiger partial charge in [0.1, 0.15) is 0 Å². The van der Waals surface area contributed by atoms with Gasteiger partial charge in [0.25, 0.3) is 0 Å². The van der Waals surface area contributed by atoms with E-state index in [1.165, 1.54) is 44.3 Å². The van der Waals surface area contributed by atoms with Crippen LogP contribution in [0.4, 0.5) is 5.69 Å². The number of guanidine groups is 1. The van der Waals surface area contributed by atoms with Crippen molar-refractivity contribution in [1.29, 1.82) is 0 Å². The molecule has 6 heteroatoms. The summed E-state index contributed by atoms with van der Waals surface area (Å²) < 4.78 is 5.06. The van der Waals surface area contributed by atoms with Crippen LogP contribution >= 0.6 is 24.0 Å². The van der Waals surface area contributed by atoms with Gasteiger partial charge in [0.2, 0.25) is 0 Å². The quantitative estimate of drug-likeness (QED) is 0.288. The molecule has 0 bridgehead atoms. The Bertz CT molecular complexity index is 549. The Kier molecular flexibility index (Phi) is 8.98. The first kappa shape index (κ1) is 21.3. The van der Waals surface area contributed by atoms with Crippen molar-refractivity contribution >= 4 is 35.6 Å². The van der Waals surface area contributed by atoms with Crippen LogP contribution in [-0.4, -0.2) is 51.3 Å². The zero-order chi connectivity index (χ0) is 17.5. The maximum Gasteiger partial charge on any atom is 0.193 e. The van der Waals surface area contributed by atoms with Gasteiger partial charge in [-0.05, 0) is 42.4 Å². The standard InChI is InChI=1S/C20H32N4O.HI/c1-21-20(24-14-17-5-3-4-6-18(17)15-24)23-13-16-7-9-19(10-8-16)22-11-12-25-2;/h7-10,17-18,22H,3-6,11-15H2,1-2H3,(H,21,23);1H. The van der Waals surface area contributed by atoms with E-state index in [2.05, 4.69) is 44.8 Å². The average molecular weight is 472 g/mol. The van der Waals surface area contributed by atoms with Gasteiger partial charge >= 0.3 is 0 Å². The van der Waals surface area contributed by atoms with Gasteiger partial charge in [-0.15, -0.1) is 24.0 Å². The summed E-state index contributed by atoms with van der Waals surface area (Å²) in [5.41, 5.74) is 2.41. The third-order valence-electron chi connectivity index (χ3n) is 5.53. The molecule has 2 atom stereocenters. The predicted molar refractivity (Wildman–Crippen MR) is 119 cm³/mol. The minimum absolute atomic E-state index is 0. The number of hydrogen-bond donors (Lipinski definition) is 2. The molecule has 26 heavy (non-hydrogen) atoms. The minimum Gasteiger partial charge on any atom is -0.383 e. The molecule has 2 unspecified atom stereocenters. The number of rotatable bonds is 6. The molecule has 2 N–H and O–H groups in total. The molecule has 1 aliphatic carbocycles. The number of nitrogens with one attached hydrogen (secondary N) is 2. The molecule has 1 saturated heterocycles. The highest BCUT2D eigenvalue weighted by molar-refractivity contribution is 14.0. The number of likely N-dealkylation sites (tertiary alicyclic amines) is 1. The highest BCUT2D eigenvalue weighted by Gasteiger charge is 2.35. The third kappa shape index (κ3) is 5.74. The Balaban J connectivity index is 0.00000243. The largest absolute Gasteiger partial charge is 0.383 e.